The van der Waals surface area contributed by atoms with Gasteiger partial charge < -0.3 is 5.73 Å². The fourth-order valence-corrected chi connectivity index (χ4v) is 1.79. The van der Waals surface area contributed by atoms with Crippen molar-refractivity contribution in [1.29, 1.82) is 0 Å². The quantitative estimate of drug-likeness (QED) is 0.692. The van der Waals surface area contributed by atoms with Crippen LogP contribution in [0.4, 0.5) is 0 Å². The fourth-order valence-electron chi connectivity index (χ4n) is 1.79. The van der Waals surface area contributed by atoms with Gasteiger partial charge in [0.05, 0.1) is 0 Å². The molecule has 1 nitrogen and oxygen atoms in total. The minimum Gasteiger partial charge on any atom is -0.327 e. The van der Waals surface area contributed by atoms with Crippen LogP contribution in [-0.2, 0) is 6.42 Å². The summed E-state index contributed by atoms with van der Waals surface area (Å²) in [6, 6.07) is 8.77. The van der Waals surface area contributed by atoms with Crippen molar-refractivity contribution in [2.75, 3.05) is 0 Å². The molecule has 1 aromatic rings. The standard InChI is InChI=1S/C12H15N/c1-9(13)11-7-6-10-4-2-3-5-12(10)8-11/h2-7,9,11H,8,13H2,1H3/t9-,11?/m0/s1. The second-order valence-corrected chi connectivity index (χ2v) is 3.79. The smallest absolute Gasteiger partial charge is 0.00767 e. The molecular weight excluding hydrogens is 158 g/mol. The van der Waals surface area contributed by atoms with Gasteiger partial charge in [-0.05, 0) is 30.4 Å². The lowest BCUT2D eigenvalue weighted by molar-refractivity contribution is 0.530. The van der Waals surface area contributed by atoms with Crippen molar-refractivity contribution < 1.29 is 0 Å². The third-order valence-electron chi connectivity index (χ3n) is 2.71. The average molecular weight is 173 g/mol. The summed E-state index contributed by atoms with van der Waals surface area (Å²) in [5.74, 6) is 0.509. The van der Waals surface area contributed by atoms with Crippen LogP contribution in [0, 0.1) is 5.92 Å². The molecule has 2 atom stereocenters. The Morgan fingerprint density at radius 1 is 1.38 bits per heavy atom. The summed E-state index contributed by atoms with van der Waals surface area (Å²) in [7, 11) is 0. The van der Waals surface area contributed by atoms with Crippen LogP contribution in [0.5, 0.6) is 0 Å². The van der Waals surface area contributed by atoms with E-state index in [1.165, 1.54) is 11.1 Å². The van der Waals surface area contributed by atoms with Crippen molar-refractivity contribution in [2.24, 2.45) is 11.7 Å². The second kappa shape index (κ2) is 3.35. The van der Waals surface area contributed by atoms with Crippen LogP contribution in [-0.4, -0.2) is 6.04 Å². The summed E-state index contributed by atoms with van der Waals surface area (Å²) in [5, 5.41) is 0. The minimum atomic E-state index is 0.254. The van der Waals surface area contributed by atoms with Crippen LogP contribution < -0.4 is 5.73 Å². The summed E-state index contributed by atoms with van der Waals surface area (Å²) in [6.45, 7) is 2.07. The number of hydrogen-bond donors (Lipinski definition) is 1. The van der Waals surface area contributed by atoms with Gasteiger partial charge in [0.15, 0.2) is 0 Å². The van der Waals surface area contributed by atoms with Gasteiger partial charge in [0.2, 0.25) is 0 Å². The van der Waals surface area contributed by atoms with Crippen molar-refractivity contribution in [3.63, 3.8) is 0 Å². The van der Waals surface area contributed by atoms with E-state index in [2.05, 4.69) is 43.3 Å². The summed E-state index contributed by atoms with van der Waals surface area (Å²) in [5.41, 5.74) is 8.64. The molecule has 2 N–H and O–H groups in total. The third-order valence-corrected chi connectivity index (χ3v) is 2.71. The Morgan fingerprint density at radius 2 is 2.15 bits per heavy atom. The Kier molecular flexibility index (Phi) is 2.19. The van der Waals surface area contributed by atoms with Crippen LogP contribution >= 0.6 is 0 Å². The first-order valence-corrected chi connectivity index (χ1v) is 4.79. The molecule has 0 radical (unpaired) electrons. The molecule has 0 fully saturated rings. The van der Waals surface area contributed by atoms with E-state index in [4.69, 9.17) is 5.73 Å². The highest BCUT2D eigenvalue weighted by Crippen LogP contribution is 2.23. The molecular formula is C12H15N. The van der Waals surface area contributed by atoms with Crippen LogP contribution in [0.2, 0.25) is 0 Å². The maximum absolute atomic E-state index is 5.87. The van der Waals surface area contributed by atoms with Crippen molar-refractivity contribution in [1.82, 2.24) is 0 Å². The molecule has 68 valence electrons. The molecule has 1 aromatic carbocycles. The van der Waals surface area contributed by atoms with Crippen LogP contribution in [0.25, 0.3) is 6.08 Å². The Hall–Kier alpha value is -1.08. The normalized spacial score (nSPS) is 22.5. The molecule has 0 amide bonds. The van der Waals surface area contributed by atoms with E-state index in [9.17, 15) is 0 Å². The molecule has 1 unspecified atom stereocenters. The molecule has 0 spiro atoms. The predicted octanol–water partition coefficient (Wildman–Crippen LogP) is 2.22. The highest BCUT2D eigenvalue weighted by atomic mass is 14.6. The molecule has 0 aromatic heterocycles. The third kappa shape index (κ3) is 1.65. The van der Waals surface area contributed by atoms with Gasteiger partial charge in [-0.1, -0.05) is 36.4 Å². The summed E-state index contributed by atoms with van der Waals surface area (Å²) in [6.07, 6.45) is 5.50. The van der Waals surface area contributed by atoms with E-state index in [0.717, 1.165) is 6.42 Å². The molecule has 0 bridgehead atoms. The predicted molar refractivity (Wildman–Crippen MR) is 56.3 cm³/mol. The summed E-state index contributed by atoms with van der Waals surface area (Å²) < 4.78 is 0. The van der Waals surface area contributed by atoms with Crippen LogP contribution in [0.3, 0.4) is 0 Å². The van der Waals surface area contributed by atoms with E-state index in [1.54, 1.807) is 0 Å². The molecule has 1 aliphatic rings. The van der Waals surface area contributed by atoms with Gasteiger partial charge in [-0.3, -0.25) is 0 Å². The van der Waals surface area contributed by atoms with E-state index in [-0.39, 0.29) is 6.04 Å². The number of hydrogen-bond acceptors (Lipinski definition) is 1. The summed E-state index contributed by atoms with van der Waals surface area (Å²) in [4.78, 5) is 0. The number of fused-ring (bicyclic) bond motifs is 1. The fraction of sp³-hybridized carbons (Fsp3) is 0.333. The summed E-state index contributed by atoms with van der Waals surface area (Å²) >= 11 is 0. The molecule has 1 aliphatic carbocycles. The number of benzene rings is 1. The number of nitrogens with two attached hydrogens (primary N) is 1. The SMILES string of the molecule is C[C@H](N)C1C=Cc2ccccc2C1. The van der Waals surface area contributed by atoms with Crippen molar-refractivity contribution >= 4 is 6.08 Å². The van der Waals surface area contributed by atoms with Crippen LogP contribution in [0.15, 0.2) is 30.3 Å². The Balaban J connectivity index is 2.29. The molecule has 2 rings (SSSR count). The van der Waals surface area contributed by atoms with E-state index in [1.807, 2.05) is 0 Å². The molecule has 0 saturated carbocycles. The maximum Gasteiger partial charge on any atom is 0.00767 e. The van der Waals surface area contributed by atoms with Gasteiger partial charge in [-0.15, -0.1) is 0 Å². The first-order valence-electron chi connectivity index (χ1n) is 4.79. The lowest BCUT2D eigenvalue weighted by Gasteiger charge is -2.22. The zero-order valence-electron chi connectivity index (χ0n) is 7.90. The van der Waals surface area contributed by atoms with E-state index < -0.39 is 0 Å². The van der Waals surface area contributed by atoms with Gasteiger partial charge in [0.25, 0.3) is 0 Å². The maximum atomic E-state index is 5.87. The van der Waals surface area contributed by atoms with E-state index in [0.29, 0.717) is 5.92 Å². The van der Waals surface area contributed by atoms with E-state index >= 15 is 0 Å². The minimum absolute atomic E-state index is 0.254. The Labute approximate surface area is 79.3 Å². The van der Waals surface area contributed by atoms with Crippen molar-refractivity contribution in [3.05, 3.63) is 41.5 Å². The van der Waals surface area contributed by atoms with Crippen molar-refractivity contribution in [2.45, 2.75) is 19.4 Å². The molecule has 0 saturated heterocycles. The van der Waals surface area contributed by atoms with Gasteiger partial charge in [0.1, 0.15) is 0 Å². The topological polar surface area (TPSA) is 26.0 Å². The Morgan fingerprint density at radius 3 is 2.92 bits per heavy atom. The average Bonchev–Trinajstić information content (AvgIpc) is 2.17. The van der Waals surface area contributed by atoms with Gasteiger partial charge in [-0.25, -0.2) is 0 Å². The first kappa shape index (κ1) is 8.52. The lowest BCUT2D eigenvalue weighted by atomic mass is 9.86. The van der Waals surface area contributed by atoms with Gasteiger partial charge in [0, 0.05) is 6.04 Å². The molecule has 0 aliphatic heterocycles. The van der Waals surface area contributed by atoms with Gasteiger partial charge >= 0.3 is 0 Å². The second-order valence-electron chi connectivity index (χ2n) is 3.79. The first-order chi connectivity index (χ1) is 6.27. The molecule has 13 heavy (non-hydrogen) atoms. The molecule has 0 heterocycles. The molecule has 1 heteroatoms. The largest absolute Gasteiger partial charge is 0.327 e. The van der Waals surface area contributed by atoms with Gasteiger partial charge in [-0.2, -0.15) is 0 Å². The number of rotatable bonds is 1. The lowest BCUT2D eigenvalue weighted by Crippen LogP contribution is -2.28. The monoisotopic (exact) mass is 173 g/mol. The zero-order valence-corrected chi connectivity index (χ0v) is 7.90. The highest BCUT2D eigenvalue weighted by Gasteiger charge is 2.15. The Bertz CT molecular complexity index is 326. The highest BCUT2D eigenvalue weighted by molar-refractivity contribution is 5.56. The zero-order chi connectivity index (χ0) is 9.26. The van der Waals surface area contributed by atoms with Crippen molar-refractivity contribution in [3.8, 4) is 0 Å². The van der Waals surface area contributed by atoms with Crippen LogP contribution in [0.1, 0.15) is 18.1 Å².